The van der Waals surface area contributed by atoms with Crippen molar-refractivity contribution in [2.75, 3.05) is 0 Å². The molecule has 194 valence electrons. The molecule has 0 aliphatic carbocycles. The van der Waals surface area contributed by atoms with E-state index in [1.807, 2.05) is 48.5 Å². The Balaban J connectivity index is 1.15. The minimum atomic E-state index is -1.82. The summed E-state index contributed by atoms with van der Waals surface area (Å²) in [4.78, 5) is 35.4. The number of fused-ring (bicyclic) bond motifs is 2. The van der Waals surface area contributed by atoms with E-state index >= 15 is 0 Å². The average Bonchev–Trinajstić information content (AvgIpc) is 3.37. The van der Waals surface area contributed by atoms with Gasteiger partial charge in [0.05, 0.1) is 21.6 Å². The minimum Gasteiger partial charge on any atom is -0.457 e. The van der Waals surface area contributed by atoms with E-state index in [4.69, 9.17) is 13.7 Å². The van der Waals surface area contributed by atoms with E-state index in [0.717, 1.165) is 11.1 Å². The van der Waals surface area contributed by atoms with Gasteiger partial charge in [-0.3, -0.25) is 0 Å². The van der Waals surface area contributed by atoms with Gasteiger partial charge in [-0.05, 0) is 65.7 Å². The summed E-state index contributed by atoms with van der Waals surface area (Å²) >= 11 is -1.82. The lowest BCUT2D eigenvalue weighted by Crippen LogP contribution is -2.18. The first-order chi connectivity index (χ1) is 18.7. The summed E-state index contributed by atoms with van der Waals surface area (Å²) < 4.78 is 33.1. The van der Waals surface area contributed by atoms with Crippen LogP contribution in [0.25, 0.3) is 0 Å². The topological polar surface area (TPSA) is 105 Å². The highest BCUT2D eigenvalue weighted by Crippen LogP contribution is 2.36. The molecule has 0 saturated carbocycles. The molecule has 2 heterocycles. The summed E-state index contributed by atoms with van der Waals surface area (Å²) in [5.41, 5.74) is 2.48. The zero-order valence-corrected chi connectivity index (χ0v) is 21.6. The van der Waals surface area contributed by atoms with Crippen LogP contribution >= 0.6 is 0 Å². The fourth-order valence-electron chi connectivity index (χ4n) is 4.48. The number of hydrogen-bond donors (Lipinski definition) is 0. The Labute approximate surface area is 225 Å². The molecule has 0 aromatic heterocycles. The second-order valence-corrected chi connectivity index (χ2v) is 10.6. The van der Waals surface area contributed by atoms with Gasteiger partial charge < -0.3 is 18.4 Å². The number of carbonyl (C=O) groups is 3. The number of esters is 2. The highest BCUT2D eigenvalue weighted by Gasteiger charge is 2.31. The molecule has 0 spiro atoms. The van der Waals surface area contributed by atoms with Crippen LogP contribution in [-0.2, 0) is 25.4 Å². The van der Waals surface area contributed by atoms with Gasteiger partial charge in [-0.1, -0.05) is 38.1 Å². The van der Waals surface area contributed by atoms with E-state index < -0.39 is 29.0 Å². The number of rotatable bonds is 6. The Morgan fingerprint density at radius 3 is 1.67 bits per heavy atom. The third-order valence-corrected chi connectivity index (χ3v) is 7.74. The van der Waals surface area contributed by atoms with Gasteiger partial charge in [-0.2, -0.15) is 0 Å². The van der Waals surface area contributed by atoms with Crippen molar-refractivity contribution in [2.45, 2.75) is 24.2 Å². The van der Waals surface area contributed by atoms with E-state index in [0.29, 0.717) is 27.9 Å². The Hall–Kier alpha value is -4.76. The lowest BCUT2D eigenvalue weighted by molar-refractivity contribution is 0.0443. The molecule has 0 radical (unpaired) electrons. The van der Waals surface area contributed by atoms with Gasteiger partial charge in [0.25, 0.3) is 0 Å². The van der Waals surface area contributed by atoms with Crippen molar-refractivity contribution in [3.05, 3.63) is 113 Å². The van der Waals surface area contributed by atoms with Gasteiger partial charge in [-0.15, -0.1) is 0 Å². The van der Waals surface area contributed by atoms with Crippen LogP contribution in [0.5, 0.6) is 23.0 Å². The zero-order valence-electron chi connectivity index (χ0n) is 20.8. The van der Waals surface area contributed by atoms with Crippen molar-refractivity contribution in [3.8, 4) is 23.0 Å². The van der Waals surface area contributed by atoms with E-state index in [-0.39, 0.29) is 22.1 Å². The molecular formula is C30H20O8S. The molecular weight excluding hydrogens is 520 g/mol. The summed E-state index contributed by atoms with van der Waals surface area (Å²) in [6.07, 6.45) is 0. The molecule has 1 unspecified atom stereocenters. The number of benzene rings is 4. The first-order valence-electron chi connectivity index (χ1n) is 11.9. The van der Waals surface area contributed by atoms with E-state index in [1.54, 1.807) is 24.3 Å². The van der Waals surface area contributed by atoms with Crippen LogP contribution in [0.4, 0.5) is 0 Å². The summed E-state index contributed by atoms with van der Waals surface area (Å²) in [6, 6.07) is 24.6. The first kappa shape index (κ1) is 24.6. The smallest absolute Gasteiger partial charge is 0.353 e. The molecule has 0 N–H and O–H groups in total. The Morgan fingerprint density at radius 2 is 1.08 bits per heavy atom. The first-order valence-corrected chi connectivity index (χ1v) is 13.0. The summed E-state index contributed by atoms with van der Waals surface area (Å²) in [6.45, 7) is 4.21. The van der Waals surface area contributed by atoms with Crippen molar-refractivity contribution in [1.82, 2.24) is 0 Å². The monoisotopic (exact) mass is 540 g/mol. The highest BCUT2D eigenvalue weighted by atomic mass is 32.2. The van der Waals surface area contributed by atoms with Crippen LogP contribution in [0, 0.1) is 0 Å². The number of carbonyl (C=O) groups excluding carboxylic acids is 3. The minimum absolute atomic E-state index is 0.193. The van der Waals surface area contributed by atoms with Gasteiger partial charge in [0.2, 0.25) is 11.1 Å². The second-order valence-electron chi connectivity index (χ2n) is 9.53. The SMILES string of the molecule is CC(C)(c1ccc(Oc2ccc3c(c2)C(=O)OC3=O)cc1)c1ccc(Oc2ccc3c(c2)S(=O)OC3=O)cc1. The molecule has 4 aromatic carbocycles. The van der Waals surface area contributed by atoms with Crippen molar-refractivity contribution >= 4 is 29.0 Å². The van der Waals surface area contributed by atoms with Crippen LogP contribution in [0.1, 0.15) is 56.0 Å². The Bertz CT molecular complexity index is 1560. The number of hydrogen-bond acceptors (Lipinski definition) is 8. The van der Waals surface area contributed by atoms with Gasteiger partial charge in [0, 0.05) is 11.5 Å². The predicted molar refractivity (Wildman–Crippen MR) is 140 cm³/mol. The fourth-order valence-corrected chi connectivity index (χ4v) is 5.34. The van der Waals surface area contributed by atoms with Gasteiger partial charge in [-0.25, -0.2) is 18.6 Å². The normalized spacial score (nSPS) is 15.8. The summed E-state index contributed by atoms with van der Waals surface area (Å²) in [7, 11) is 0. The lowest BCUT2D eigenvalue weighted by atomic mass is 9.78. The maximum atomic E-state index is 11.9. The molecule has 8 nitrogen and oxygen atoms in total. The third-order valence-electron chi connectivity index (χ3n) is 6.74. The number of cyclic esters (lactones) is 2. The molecule has 39 heavy (non-hydrogen) atoms. The molecule has 0 amide bonds. The second kappa shape index (κ2) is 9.21. The summed E-state index contributed by atoms with van der Waals surface area (Å²) in [5, 5.41) is 0. The van der Waals surface area contributed by atoms with Crippen molar-refractivity contribution in [2.24, 2.45) is 0 Å². The lowest BCUT2D eigenvalue weighted by Gasteiger charge is -2.26. The molecule has 0 bridgehead atoms. The maximum Gasteiger partial charge on any atom is 0.353 e. The maximum absolute atomic E-state index is 11.9. The van der Waals surface area contributed by atoms with Crippen LogP contribution in [-0.4, -0.2) is 22.1 Å². The largest absolute Gasteiger partial charge is 0.457 e. The fraction of sp³-hybridized carbons (Fsp3) is 0.100. The highest BCUT2D eigenvalue weighted by molar-refractivity contribution is 7.81. The molecule has 6 rings (SSSR count). The van der Waals surface area contributed by atoms with E-state index in [2.05, 4.69) is 18.6 Å². The molecule has 0 fully saturated rings. The van der Waals surface area contributed by atoms with Crippen molar-refractivity contribution in [1.29, 1.82) is 0 Å². The standard InChI is InChI=1S/C30H20O8S/c1-30(2,17-3-7-19(8-4-17)35-21-11-13-23-25(15-21)28(32)37-27(23)31)18-5-9-20(10-6-18)36-22-12-14-24-26(16-22)39(34)38-29(24)33/h3-16H,1-2H3. The van der Waals surface area contributed by atoms with Gasteiger partial charge >= 0.3 is 17.9 Å². The Kier molecular flexibility index (Phi) is 5.80. The van der Waals surface area contributed by atoms with E-state index in [1.165, 1.54) is 12.1 Å². The molecule has 4 aromatic rings. The van der Waals surface area contributed by atoms with Crippen LogP contribution in [0.2, 0.25) is 0 Å². The quantitative estimate of drug-likeness (QED) is 0.213. The molecule has 2 aliphatic heterocycles. The van der Waals surface area contributed by atoms with Gasteiger partial charge in [0.1, 0.15) is 23.0 Å². The molecule has 9 heteroatoms. The van der Waals surface area contributed by atoms with Crippen LogP contribution < -0.4 is 9.47 Å². The van der Waals surface area contributed by atoms with Crippen molar-refractivity contribution in [3.63, 3.8) is 0 Å². The zero-order chi connectivity index (χ0) is 27.3. The molecule has 0 saturated heterocycles. The average molecular weight is 541 g/mol. The molecule has 1 atom stereocenters. The van der Waals surface area contributed by atoms with Gasteiger partial charge in [0.15, 0.2) is 0 Å². The van der Waals surface area contributed by atoms with Crippen LogP contribution in [0.15, 0.2) is 89.8 Å². The predicted octanol–water partition coefficient (Wildman–Crippen LogP) is 6.10. The summed E-state index contributed by atoms with van der Waals surface area (Å²) in [5.74, 6) is 0.123. The number of ether oxygens (including phenoxy) is 3. The third kappa shape index (κ3) is 4.46. The van der Waals surface area contributed by atoms with Crippen LogP contribution in [0.3, 0.4) is 0 Å². The van der Waals surface area contributed by atoms with E-state index in [9.17, 15) is 18.6 Å². The van der Waals surface area contributed by atoms with Crippen molar-refractivity contribution < 1.29 is 37.0 Å². The Morgan fingerprint density at radius 1 is 0.590 bits per heavy atom. The molecule has 2 aliphatic rings.